The van der Waals surface area contributed by atoms with Crippen LogP contribution in [0.1, 0.15) is 11.1 Å². The number of halogens is 2. The van der Waals surface area contributed by atoms with E-state index in [1.54, 1.807) is 11.8 Å². The molecule has 1 aromatic heterocycles. The van der Waals surface area contributed by atoms with E-state index >= 15 is 0 Å². The first kappa shape index (κ1) is 19.1. The summed E-state index contributed by atoms with van der Waals surface area (Å²) < 4.78 is 2.07. The van der Waals surface area contributed by atoms with Gasteiger partial charge in [0.2, 0.25) is 0 Å². The van der Waals surface area contributed by atoms with Crippen molar-refractivity contribution in [2.24, 2.45) is 0 Å². The van der Waals surface area contributed by atoms with Crippen LogP contribution in [0.25, 0.3) is 17.1 Å². The summed E-state index contributed by atoms with van der Waals surface area (Å²) in [6, 6.07) is 23.9. The second-order valence-corrected chi connectivity index (χ2v) is 8.09. The molecule has 28 heavy (non-hydrogen) atoms. The van der Waals surface area contributed by atoms with Crippen molar-refractivity contribution in [2.45, 2.75) is 17.8 Å². The molecule has 0 atom stereocenters. The lowest BCUT2D eigenvalue weighted by molar-refractivity contribution is 0.885. The van der Waals surface area contributed by atoms with Gasteiger partial charge in [0.05, 0.1) is 0 Å². The lowest BCUT2D eigenvalue weighted by Crippen LogP contribution is -2.00. The first-order valence-electron chi connectivity index (χ1n) is 8.77. The standard InChI is InChI=1S/C22H17Cl2N3S/c1-15-10-12-17(13-11-15)27-21(16-6-3-2-4-7-16)25-26-22(27)28-14-18-19(23)8-5-9-20(18)24/h2-13H,14H2,1H3. The van der Waals surface area contributed by atoms with Crippen molar-refractivity contribution in [1.82, 2.24) is 14.8 Å². The van der Waals surface area contributed by atoms with Crippen LogP contribution >= 0.6 is 35.0 Å². The van der Waals surface area contributed by atoms with Crippen LogP contribution < -0.4 is 0 Å². The largest absolute Gasteiger partial charge is 0.270 e. The van der Waals surface area contributed by atoms with Crippen LogP contribution in [-0.2, 0) is 5.75 Å². The quantitative estimate of drug-likeness (QED) is 0.327. The molecule has 0 bridgehead atoms. The maximum atomic E-state index is 6.33. The molecule has 0 saturated heterocycles. The summed E-state index contributed by atoms with van der Waals surface area (Å²) in [5.74, 6) is 1.41. The smallest absolute Gasteiger partial charge is 0.196 e. The van der Waals surface area contributed by atoms with Crippen molar-refractivity contribution in [3.8, 4) is 17.1 Å². The molecule has 140 valence electrons. The third kappa shape index (κ3) is 3.95. The highest BCUT2D eigenvalue weighted by atomic mass is 35.5. The van der Waals surface area contributed by atoms with Crippen LogP contribution in [0.4, 0.5) is 0 Å². The van der Waals surface area contributed by atoms with Crippen molar-refractivity contribution in [2.75, 3.05) is 0 Å². The van der Waals surface area contributed by atoms with Crippen molar-refractivity contribution in [3.05, 3.63) is 94.0 Å². The second kappa shape index (κ2) is 8.39. The molecule has 1 heterocycles. The van der Waals surface area contributed by atoms with E-state index in [4.69, 9.17) is 23.2 Å². The Bertz CT molecular complexity index is 1070. The molecule has 3 aromatic carbocycles. The molecular formula is C22H17Cl2N3S. The van der Waals surface area contributed by atoms with E-state index in [-0.39, 0.29) is 0 Å². The predicted octanol–water partition coefficient (Wildman–Crippen LogP) is 6.84. The summed E-state index contributed by atoms with van der Waals surface area (Å²) in [6.45, 7) is 2.07. The summed E-state index contributed by atoms with van der Waals surface area (Å²) in [5.41, 5.74) is 4.13. The third-order valence-electron chi connectivity index (χ3n) is 4.36. The van der Waals surface area contributed by atoms with Crippen LogP contribution in [0.2, 0.25) is 10.0 Å². The zero-order valence-corrected chi connectivity index (χ0v) is 17.5. The summed E-state index contributed by atoms with van der Waals surface area (Å²) >= 11 is 14.2. The van der Waals surface area contributed by atoms with E-state index in [0.717, 1.165) is 27.8 Å². The van der Waals surface area contributed by atoms with E-state index in [0.29, 0.717) is 15.8 Å². The van der Waals surface area contributed by atoms with Crippen LogP contribution in [0.5, 0.6) is 0 Å². The highest BCUT2D eigenvalue weighted by molar-refractivity contribution is 7.98. The Labute approximate surface area is 178 Å². The van der Waals surface area contributed by atoms with Gasteiger partial charge in [0.15, 0.2) is 11.0 Å². The summed E-state index contributed by atoms with van der Waals surface area (Å²) in [5, 5.41) is 11.0. The van der Waals surface area contributed by atoms with Gasteiger partial charge in [0.1, 0.15) is 0 Å². The fraction of sp³-hybridized carbons (Fsp3) is 0.0909. The monoisotopic (exact) mass is 425 g/mol. The summed E-state index contributed by atoms with van der Waals surface area (Å²) in [4.78, 5) is 0. The lowest BCUT2D eigenvalue weighted by Gasteiger charge is -2.11. The number of hydrogen-bond acceptors (Lipinski definition) is 3. The van der Waals surface area contributed by atoms with Crippen LogP contribution in [0, 0.1) is 6.92 Å². The van der Waals surface area contributed by atoms with Crippen molar-refractivity contribution in [1.29, 1.82) is 0 Å². The summed E-state index contributed by atoms with van der Waals surface area (Å²) in [7, 11) is 0. The van der Waals surface area contributed by atoms with Crippen LogP contribution in [0.15, 0.2) is 78.0 Å². The molecule has 0 N–H and O–H groups in total. The highest BCUT2D eigenvalue weighted by Crippen LogP contribution is 2.33. The molecule has 4 aromatic rings. The van der Waals surface area contributed by atoms with Gasteiger partial charge in [-0.05, 0) is 36.8 Å². The second-order valence-electron chi connectivity index (χ2n) is 6.33. The van der Waals surface area contributed by atoms with Gasteiger partial charge in [-0.3, -0.25) is 4.57 Å². The Kier molecular flexibility index (Phi) is 5.72. The molecule has 0 saturated carbocycles. The van der Waals surface area contributed by atoms with Gasteiger partial charge in [-0.2, -0.15) is 0 Å². The van der Waals surface area contributed by atoms with Gasteiger partial charge < -0.3 is 0 Å². The highest BCUT2D eigenvalue weighted by Gasteiger charge is 2.17. The molecule has 0 spiro atoms. The molecule has 0 aliphatic heterocycles. The fourth-order valence-electron chi connectivity index (χ4n) is 2.87. The van der Waals surface area contributed by atoms with E-state index in [2.05, 4.69) is 46.0 Å². The minimum absolute atomic E-state index is 0.608. The maximum Gasteiger partial charge on any atom is 0.196 e. The van der Waals surface area contributed by atoms with Crippen molar-refractivity contribution < 1.29 is 0 Å². The Balaban J connectivity index is 1.75. The van der Waals surface area contributed by atoms with Crippen molar-refractivity contribution >= 4 is 35.0 Å². The first-order chi connectivity index (χ1) is 13.6. The molecule has 0 aliphatic carbocycles. The van der Waals surface area contributed by atoms with Gasteiger partial charge in [0, 0.05) is 27.0 Å². The van der Waals surface area contributed by atoms with Gasteiger partial charge in [0.25, 0.3) is 0 Å². The minimum Gasteiger partial charge on any atom is -0.270 e. The number of nitrogens with zero attached hydrogens (tertiary/aromatic N) is 3. The Morgan fingerprint density at radius 3 is 2.18 bits per heavy atom. The van der Waals surface area contributed by atoms with Crippen molar-refractivity contribution in [3.63, 3.8) is 0 Å². The van der Waals surface area contributed by atoms with Gasteiger partial charge in [-0.1, -0.05) is 89.1 Å². The minimum atomic E-state index is 0.608. The molecule has 0 fully saturated rings. The lowest BCUT2D eigenvalue weighted by atomic mass is 10.2. The molecule has 0 unspecified atom stereocenters. The average molecular weight is 426 g/mol. The average Bonchev–Trinajstić information content (AvgIpc) is 3.13. The normalized spacial score (nSPS) is 11.0. The number of thioether (sulfide) groups is 1. The topological polar surface area (TPSA) is 30.7 Å². The number of aryl methyl sites for hydroxylation is 1. The molecule has 0 radical (unpaired) electrons. The summed E-state index contributed by atoms with van der Waals surface area (Å²) in [6.07, 6.45) is 0. The fourth-order valence-corrected chi connectivity index (χ4v) is 4.56. The van der Waals surface area contributed by atoms with Gasteiger partial charge in [-0.15, -0.1) is 10.2 Å². The first-order valence-corrected chi connectivity index (χ1v) is 10.5. The van der Waals surface area contributed by atoms with E-state index in [9.17, 15) is 0 Å². The Hall–Kier alpha value is -2.27. The molecule has 0 amide bonds. The predicted molar refractivity (Wildman–Crippen MR) is 118 cm³/mol. The van der Waals surface area contributed by atoms with E-state index < -0.39 is 0 Å². The Morgan fingerprint density at radius 1 is 0.821 bits per heavy atom. The van der Waals surface area contributed by atoms with Gasteiger partial charge in [-0.25, -0.2) is 0 Å². The van der Waals surface area contributed by atoms with Gasteiger partial charge >= 0.3 is 0 Å². The van der Waals surface area contributed by atoms with Crippen LogP contribution in [-0.4, -0.2) is 14.8 Å². The third-order valence-corrected chi connectivity index (χ3v) is 6.03. The Morgan fingerprint density at radius 2 is 1.50 bits per heavy atom. The molecule has 3 nitrogen and oxygen atoms in total. The maximum absolute atomic E-state index is 6.33. The number of benzene rings is 3. The molecule has 0 aliphatic rings. The molecule has 4 rings (SSSR count). The van der Waals surface area contributed by atoms with E-state index in [1.165, 1.54) is 5.56 Å². The van der Waals surface area contributed by atoms with E-state index in [1.807, 2.05) is 48.5 Å². The zero-order chi connectivity index (χ0) is 19.5. The molecule has 6 heteroatoms. The van der Waals surface area contributed by atoms with Crippen LogP contribution in [0.3, 0.4) is 0 Å². The molecular weight excluding hydrogens is 409 g/mol. The number of aromatic nitrogens is 3. The zero-order valence-electron chi connectivity index (χ0n) is 15.1. The number of rotatable bonds is 5. The SMILES string of the molecule is Cc1ccc(-n2c(SCc3c(Cl)cccc3Cl)nnc2-c2ccccc2)cc1. The number of hydrogen-bond donors (Lipinski definition) is 0.